The summed E-state index contributed by atoms with van der Waals surface area (Å²) in [6.07, 6.45) is 2.92. The van der Waals surface area contributed by atoms with Crippen LogP contribution in [-0.4, -0.2) is 43.0 Å². The van der Waals surface area contributed by atoms with E-state index in [0.29, 0.717) is 47.7 Å². The summed E-state index contributed by atoms with van der Waals surface area (Å²) >= 11 is 11.8. The smallest absolute Gasteiger partial charge is 0.258 e. The third kappa shape index (κ3) is 5.50. The minimum atomic E-state index is -0.250. The Bertz CT molecular complexity index is 863. The molecular weight excluding hydrogens is 403 g/mol. The number of amides is 2. The standard InChI is InChI=1S/C19H20Cl2N4O3/c20-13-9-16(21)19(24-11-13)23-7-6-22-17(26)12-28-15-4-1-3-14(10-15)25-8-2-5-18(25)27/h1,3-4,9-11H,2,5-8,12H2,(H,22,26)(H,23,24). The minimum absolute atomic E-state index is 0.109. The summed E-state index contributed by atoms with van der Waals surface area (Å²) in [5.74, 6) is 0.907. The highest BCUT2D eigenvalue weighted by atomic mass is 35.5. The third-order valence-electron chi connectivity index (χ3n) is 4.12. The number of rotatable bonds is 8. The van der Waals surface area contributed by atoms with Crippen LogP contribution in [0.3, 0.4) is 0 Å². The summed E-state index contributed by atoms with van der Waals surface area (Å²) in [6.45, 7) is 1.43. The highest BCUT2D eigenvalue weighted by Gasteiger charge is 2.21. The molecule has 2 amide bonds. The number of pyridine rings is 1. The summed E-state index contributed by atoms with van der Waals surface area (Å²) in [5, 5.41) is 6.63. The fourth-order valence-corrected chi connectivity index (χ4v) is 3.24. The molecule has 0 radical (unpaired) electrons. The van der Waals surface area contributed by atoms with Crippen LogP contribution in [0.1, 0.15) is 12.8 Å². The largest absolute Gasteiger partial charge is 0.484 e. The van der Waals surface area contributed by atoms with Crippen molar-refractivity contribution in [3.63, 3.8) is 0 Å². The van der Waals surface area contributed by atoms with Gasteiger partial charge in [0.05, 0.1) is 10.0 Å². The Hall–Kier alpha value is -2.51. The van der Waals surface area contributed by atoms with E-state index in [1.54, 1.807) is 29.2 Å². The van der Waals surface area contributed by atoms with Crippen molar-refractivity contribution in [2.24, 2.45) is 0 Å². The van der Waals surface area contributed by atoms with Crippen molar-refractivity contribution < 1.29 is 14.3 Å². The van der Waals surface area contributed by atoms with Gasteiger partial charge in [-0.05, 0) is 24.6 Å². The molecule has 2 aromatic rings. The van der Waals surface area contributed by atoms with Crippen LogP contribution in [0.5, 0.6) is 5.75 Å². The van der Waals surface area contributed by atoms with Gasteiger partial charge in [0.2, 0.25) is 5.91 Å². The summed E-state index contributed by atoms with van der Waals surface area (Å²) in [7, 11) is 0. The van der Waals surface area contributed by atoms with Crippen LogP contribution in [0, 0.1) is 0 Å². The molecule has 0 saturated carbocycles. The molecular formula is C19H20Cl2N4O3. The predicted octanol–water partition coefficient (Wildman–Crippen LogP) is 3.12. The molecule has 2 N–H and O–H groups in total. The molecule has 0 atom stereocenters. The van der Waals surface area contributed by atoms with Crippen LogP contribution in [0.2, 0.25) is 10.0 Å². The second-order valence-electron chi connectivity index (χ2n) is 6.20. The zero-order valence-corrected chi connectivity index (χ0v) is 16.6. The van der Waals surface area contributed by atoms with Crippen LogP contribution in [-0.2, 0) is 9.59 Å². The number of carbonyl (C=O) groups excluding carboxylic acids is 2. The summed E-state index contributed by atoms with van der Waals surface area (Å²) < 4.78 is 5.53. The Morgan fingerprint density at radius 1 is 1.25 bits per heavy atom. The van der Waals surface area contributed by atoms with E-state index in [0.717, 1.165) is 12.1 Å². The summed E-state index contributed by atoms with van der Waals surface area (Å²) in [5.41, 5.74) is 0.789. The number of anilines is 2. The van der Waals surface area contributed by atoms with E-state index in [2.05, 4.69) is 15.6 Å². The Balaban J connectivity index is 1.40. The van der Waals surface area contributed by atoms with Crippen molar-refractivity contribution in [2.45, 2.75) is 12.8 Å². The van der Waals surface area contributed by atoms with Gasteiger partial charge in [-0.25, -0.2) is 4.98 Å². The number of hydrogen-bond donors (Lipinski definition) is 2. The summed E-state index contributed by atoms with van der Waals surface area (Å²) in [6, 6.07) is 8.78. The zero-order chi connectivity index (χ0) is 19.9. The molecule has 1 aliphatic rings. The quantitative estimate of drug-likeness (QED) is 0.638. The molecule has 7 nitrogen and oxygen atoms in total. The molecule has 0 bridgehead atoms. The number of carbonyl (C=O) groups is 2. The average Bonchev–Trinajstić information content (AvgIpc) is 3.11. The number of hydrogen-bond acceptors (Lipinski definition) is 5. The van der Waals surface area contributed by atoms with Crippen LogP contribution < -0.4 is 20.3 Å². The average molecular weight is 423 g/mol. The van der Waals surface area contributed by atoms with Gasteiger partial charge in [-0.1, -0.05) is 29.3 Å². The zero-order valence-electron chi connectivity index (χ0n) is 15.1. The molecule has 3 rings (SSSR count). The van der Waals surface area contributed by atoms with E-state index in [1.165, 1.54) is 6.20 Å². The molecule has 1 aliphatic heterocycles. The monoisotopic (exact) mass is 422 g/mol. The van der Waals surface area contributed by atoms with Crippen LogP contribution in [0.4, 0.5) is 11.5 Å². The first-order valence-corrected chi connectivity index (χ1v) is 9.63. The van der Waals surface area contributed by atoms with Gasteiger partial charge in [-0.2, -0.15) is 0 Å². The molecule has 1 fully saturated rings. The van der Waals surface area contributed by atoms with Crippen molar-refractivity contribution in [2.75, 3.05) is 36.5 Å². The van der Waals surface area contributed by atoms with Gasteiger partial charge in [-0.15, -0.1) is 0 Å². The maximum absolute atomic E-state index is 11.9. The van der Waals surface area contributed by atoms with E-state index >= 15 is 0 Å². The lowest BCUT2D eigenvalue weighted by atomic mass is 10.3. The lowest BCUT2D eigenvalue weighted by molar-refractivity contribution is -0.123. The predicted molar refractivity (Wildman–Crippen MR) is 109 cm³/mol. The second kappa shape index (κ2) is 9.61. The van der Waals surface area contributed by atoms with Crippen LogP contribution >= 0.6 is 23.2 Å². The molecule has 1 saturated heterocycles. The van der Waals surface area contributed by atoms with Gasteiger partial charge in [0.25, 0.3) is 5.91 Å². The Morgan fingerprint density at radius 3 is 2.86 bits per heavy atom. The maximum atomic E-state index is 11.9. The summed E-state index contributed by atoms with van der Waals surface area (Å²) in [4.78, 5) is 29.6. The van der Waals surface area contributed by atoms with E-state index in [9.17, 15) is 9.59 Å². The van der Waals surface area contributed by atoms with E-state index in [4.69, 9.17) is 27.9 Å². The number of halogens is 2. The lowest BCUT2D eigenvalue weighted by Crippen LogP contribution is -2.32. The fraction of sp³-hybridized carbons (Fsp3) is 0.316. The molecule has 148 valence electrons. The second-order valence-corrected chi connectivity index (χ2v) is 7.04. The van der Waals surface area contributed by atoms with E-state index in [-0.39, 0.29) is 18.4 Å². The van der Waals surface area contributed by atoms with Crippen LogP contribution in [0.25, 0.3) is 0 Å². The Morgan fingerprint density at radius 2 is 2.11 bits per heavy atom. The molecule has 1 aromatic heterocycles. The van der Waals surface area contributed by atoms with Crippen molar-refractivity contribution >= 4 is 46.5 Å². The fourth-order valence-electron chi connectivity index (χ4n) is 2.79. The lowest BCUT2D eigenvalue weighted by Gasteiger charge is -2.16. The SMILES string of the molecule is O=C(COc1cccc(N2CCCC2=O)c1)NCCNc1ncc(Cl)cc1Cl. The molecule has 2 heterocycles. The minimum Gasteiger partial charge on any atom is -0.484 e. The van der Waals surface area contributed by atoms with Gasteiger partial charge in [-0.3, -0.25) is 9.59 Å². The van der Waals surface area contributed by atoms with Crippen LogP contribution in [0.15, 0.2) is 36.5 Å². The maximum Gasteiger partial charge on any atom is 0.258 e. The van der Waals surface area contributed by atoms with E-state index < -0.39 is 0 Å². The highest BCUT2D eigenvalue weighted by molar-refractivity contribution is 6.35. The number of benzene rings is 1. The molecule has 0 aliphatic carbocycles. The number of nitrogens with zero attached hydrogens (tertiary/aromatic N) is 2. The molecule has 28 heavy (non-hydrogen) atoms. The van der Waals surface area contributed by atoms with Crippen molar-refractivity contribution in [1.29, 1.82) is 0 Å². The van der Waals surface area contributed by atoms with Crippen molar-refractivity contribution in [3.8, 4) is 5.75 Å². The third-order valence-corrected chi connectivity index (χ3v) is 4.61. The Labute approximate surface area is 173 Å². The molecule has 1 aromatic carbocycles. The van der Waals surface area contributed by atoms with Gasteiger partial charge in [0, 0.05) is 44.0 Å². The van der Waals surface area contributed by atoms with Gasteiger partial charge < -0.3 is 20.3 Å². The first kappa shape index (κ1) is 20.2. The number of ether oxygens (including phenoxy) is 1. The highest BCUT2D eigenvalue weighted by Crippen LogP contribution is 2.25. The first-order chi connectivity index (χ1) is 13.5. The number of aromatic nitrogens is 1. The first-order valence-electron chi connectivity index (χ1n) is 8.88. The number of nitrogens with one attached hydrogen (secondary N) is 2. The van der Waals surface area contributed by atoms with Crippen molar-refractivity contribution in [1.82, 2.24) is 10.3 Å². The van der Waals surface area contributed by atoms with E-state index in [1.807, 2.05) is 6.07 Å². The molecule has 9 heteroatoms. The van der Waals surface area contributed by atoms with Gasteiger partial charge in [0.1, 0.15) is 11.6 Å². The normalized spacial score (nSPS) is 13.5. The Kier molecular flexibility index (Phi) is 6.95. The van der Waals surface area contributed by atoms with Gasteiger partial charge >= 0.3 is 0 Å². The van der Waals surface area contributed by atoms with Gasteiger partial charge in [0.15, 0.2) is 6.61 Å². The van der Waals surface area contributed by atoms with Crippen molar-refractivity contribution in [3.05, 3.63) is 46.6 Å². The molecule has 0 unspecified atom stereocenters. The molecule has 0 spiro atoms. The topological polar surface area (TPSA) is 83.6 Å².